The first kappa shape index (κ1) is 12.3. The number of benzene rings is 1. The van der Waals surface area contributed by atoms with Crippen molar-refractivity contribution in [2.45, 2.75) is 26.2 Å². The van der Waals surface area contributed by atoms with E-state index in [1.807, 2.05) is 36.5 Å². The van der Waals surface area contributed by atoms with Crippen molar-refractivity contribution in [2.24, 2.45) is 0 Å². The van der Waals surface area contributed by atoms with E-state index in [0.717, 1.165) is 11.3 Å². The Kier molecular flexibility index (Phi) is 3.16. The summed E-state index contributed by atoms with van der Waals surface area (Å²) in [5.41, 5.74) is 3.99. The molecule has 1 aromatic heterocycles. The highest BCUT2D eigenvalue weighted by Crippen LogP contribution is 2.24. The van der Waals surface area contributed by atoms with E-state index in [4.69, 9.17) is 5.26 Å². The molecular weight excluding hydrogens is 220 g/mol. The Morgan fingerprint density at radius 3 is 2.11 bits per heavy atom. The van der Waals surface area contributed by atoms with Gasteiger partial charge in [-0.1, -0.05) is 39.0 Å². The Morgan fingerprint density at radius 1 is 1.00 bits per heavy atom. The van der Waals surface area contributed by atoms with Gasteiger partial charge in [-0.3, -0.25) is 4.98 Å². The fourth-order valence-corrected chi connectivity index (χ4v) is 1.72. The molecule has 18 heavy (non-hydrogen) atoms. The SMILES string of the molecule is CC(C)(C)c1ccc(-c2ccc(C#N)cc2)nc1. The van der Waals surface area contributed by atoms with Gasteiger partial charge in [0, 0.05) is 11.8 Å². The van der Waals surface area contributed by atoms with E-state index in [2.05, 4.69) is 37.9 Å². The first-order valence-corrected chi connectivity index (χ1v) is 5.98. The Morgan fingerprint density at radius 2 is 1.67 bits per heavy atom. The summed E-state index contributed by atoms with van der Waals surface area (Å²) in [5.74, 6) is 0. The van der Waals surface area contributed by atoms with Crippen LogP contribution in [0.2, 0.25) is 0 Å². The predicted molar refractivity (Wildman–Crippen MR) is 73.1 cm³/mol. The lowest BCUT2D eigenvalue weighted by Crippen LogP contribution is -2.11. The van der Waals surface area contributed by atoms with Gasteiger partial charge >= 0.3 is 0 Å². The van der Waals surface area contributed by atoms with Gasteiger partial charge in [0.1, 0.15) is 0 Å². The largest absolute Gasteiger partial charge is 0.256 e. The maximum Gasteiger partial charge on any atom is 0.0991 e. The van der Waals surface area contributed by atoms with Crippen LogP contribution in [-0.2, 0) is 5.41 Å². The fraction of sp³-hybridized carbons (Fsp3) is 0.250. The standard InChI is InChI=1S/C16H16N2/c1-16(2,3)14-8-9-15(18-11-14)13-6-4-12(10-17)5-7-13/h4-9,11H,1-3H3. The first-order chi connectivity index (χ1) is 8.50. The molecule has 0 saturated heterocycles. The zero-order valence-corrected chi connectivity index (χ0v) is 10.9. The summed E-state index contributed by atoms with van der Waals surface area (Å²) in [6.45, 7) is 6.52. The summed E-state index contributed by atoms with van der Waals surface area (Å²) in [6.07, 6.45) is 1.92. The van der Waals surface area contributed by atoms with Crippen molar-refractivity contribution in [3.63, 3.8) is 0 Å². The molecule has 0 amide bonds. The van der Waals surface area contributed by atoms with Crippen LogP contribution in [0, 0.1) is 11.3 Å². The van der Waals surface area contributed by atoms with E-state index in [0.29, 0.717) is 5.56 Å². The number of hydrogen-bond donors (Lipinski definition) is 0. The Hall–Kier alpha value is -2.14. The highest BCUT2D eigenvalue weighted by Gasteiger charge is 2.13. The molecule has 2 aromatic rings. The number of aromatic nitrogens is 1. The first-order valence-electron chi connectivity index (χ1n) is 5.98. The van der Waals surface area contributed by atoms with Crippen molar-refractivity contribution in [2.75, 3.05) is 0 Å². The molecule has 0 N–H and O–H groups in total. The van der Waals surface area contributed by atoms with Crippen LogP contribution in [0.3, 0.4) is 0 Å². The van der Waals surface area contributed by atoms with Gasteiger partial charge in [-0.15, -0.1) is 0 Å². The summed E-state index contributed by atoms with van der Waals surface area (Å²) in [5, 5.41) is 8.76. The molecule has 0 spiro atoms. The van der Waals surface area contributed by atoms with Gasteiger partial charge in [0.25, 0.3) is 0 Å². The zero-order chi connectivity index (χ0) is 13.2. The van der Waals surface area contributed by atoms with Crippen LogP contribution in [0.5, 0.6) is 0 Å². The van der Waals surface area contributed by atoms with Crippen molar-refractivity contribution in [3.8, 4) is 17.3 Å². The van der Waals surface area contributed by atoms with E-state index >= 15 is 0 Å². The fourth-order valence-electron chi connectivity index (χ4n) is 1.72. The second kappa shape index (κ2) is 4.62. The van der Waals surface area contributed by atoms with Crippen LogP contribution in [0.25, 0.3) is 11.3 Å². The average Bonchev–Trinajstić information content (AvgIpc) is 2.38. The second-order valence-electron chi connectivity index (χ2n) is 5.37. The molecule has 0 saturated carbocycles. The van der Waals surface area contributed by atoms with E-state index < -0.39 is 0 Å². The zero-order valence-electron chi connectivity index (χ0n) is 10.9. The molecular formula is C16H16N2. The van der Waals surface area contributed by atoms with Crippen molar-refractivity contribution < 1.29 is 0 Å². The highest BCUT2D eigenvalue weighted by atomic mass is 14.7. The Bertz CT molecular complexity index is 566. The molecule has 2 nitrogen and oxygen atoms in total. The maximum atomic E-state index is 8.76. The molecule has 1 aromatic carbocycles. The molecule has 0 fully saturated rings. The lowest BCUT2D eigenvalue weighted by molar-refractivity contribution is 0.587. The third-order valence-electron chi connectivity index (χ3n) is 2.94. The predicted octanol–water partition coefficient (Wildman–Crippen LogP) is 3.92. The molecule has 0 aliphatic rings. The van der Waals surface area contributed by atoms with Gasteiger partial charge in [-0.25, -0.2) is 0 Å². The van der Waals surface area contributed by atoms with Gasteiger partial charge in [0.15, 0.2) is 0 Å². The third kappa shape index (κ3) is 2.57. The number of pyridine rings is 1. The minimum Gasteiger partial charge on any atom is -0.256 e. The Labute approximate surface area is 108 Å². The molecule has 0 aliphatic carbocycles. The molecule has 0 unspecified atom stereocenters. The van der Waals surface area contributed by atoms with Crippen molar-refractivity contribution in [3.05, 3.63) is 53.7 Å². The average molecular weight is 236 g/mol. The number of hydrogen-bond acceptors (Lipinski definition) is 2. The molecule has 2 heteroatoms. The normalized spacial score (nSPS) is 11.0. The minimum absolute atomic E-state index is 0.121. The van der Waals surface area contributed by atoms with Gasteiger partial charge in [0.05, 0.1) is 17.3 Å². The van der Waals surface area contributed by atoms with Crippen LogP contribution < -0.4 is 0 Å². The summed E-state index contributed by atoms with van der Waals surface area (Å²) < 4.78 is 0. The highest BCUT2D eigenvalue weighted by molar-refractivity contribution is 5.60. The number of rotatable bonds is 1. The lowest BCUT2D eigenvalue weighted by atomic mass is 9.88. The van der Waals surface area contributed by atoms with Crippen molar-refractivity contribution in [1.29, 1.82) is 5.26 Å². The van der Waals surface area contributed by atoms with Gasteiger partial charge in [-0.05, 0) is 29.2 Å². The quantitative estimate of drug-likeness (QED) is 0.752. The summed E-state index contributed by atoms with van der Waals surface area (Å²) in [7, 11) is 0. The smallest absolute Gasteiger partial charge is 0.0991 e. The summed E-state index contributed by atoms with van der Waals surface area (Å²) >= 11 is 0. The van der Waals surface area contributed by atoms with Gasteiger partial charge in [0.2, 0.25) is 0 Å². The monoisotopic (exact) mass is 236 g/mol. The van der Waals surface area contributed by atoms with E-state index in [1.54, 1.807) is 0 Å². The van der Waals surface area contributed by atoms with Crippen molar-refractivity contribution in [1.82, 2.24) is 4.98 Å². The molecule has 0 radical (unpaired) electrons. The molecule has 0 bridgehead atoms. The molecule has 1 heterocycles. The van der Waals surface area contributed by atoms with Gasteiger partial charge in [-0.2, -0.15) is 5.26 Å². The third-order valence-corrected chi connectivity index (χ3v) is 2.94. The van der Waals surface area contributed by atoms with E-state index in [9.17, 15) is 0 Å². The Balaban J connectivity index is 2.32. The summed E-state index contributed by atoms with van der Waals surface area (Å²) in [6, 6.07) is 13.7. The van der Waals surface area contributed by atoms with Crippen LogP contribution in [-0.4, -0.2) is 4.98 Å². The van der Waals surface area contributed by atoms with Crippen LogP contribution >= 0.6 is 0 Å². The topological polar surface area (TPSA) is 36.7 Å². The van der Waals surface area contributed by atoms with Gasteiger partial charge < -0.3 is 0 Å². The van der Waals surface area contributed by atoms with E-state index in [1.165, 1.54) is 5.56 Å². The lowest BCUT2D eigenvalue weighted by Gasteiger charge is -2.18. The minimum atomic E-state index is 0.121. The number of nitriles is 1. The maximum absolute atomic E-state index is 8.76. The van der Waals surface area contributed by atoms with Crippen LogP contribution in [0.15, 0.2) is 42.6 Å². The van der Waals surface area contributed by atoms with Crippen LogP contribution in [0.1, 0.15) is 31.9 Å². The molecule has 2 rings (SSSR count). The molecule has 90 valence electrons. The van der Waals surface area contributed by atoms with Crippen LogP contribution in [0.4, 0.5) is 0 Å². The second-order valence-corrected chi connectivity index (χ2v) is 5.37. The molecule has 0 atom stereocenters. The summed E-state index contributed by atoms with van der Waals surface area (Å²) in [4.78, 5) is 4.49. The molecule has 0 aliphatic heterocycles. The van der Waals surface area contributed by atoms with Crippen molar-refractivity contribution >= 4 is 0 Å². The van der Waals surface area contributed by atoms with E-state index in [-0.39, 0.29) is 5.41 Å². The number of nitrogens with zero attached hydrogens (tertiary/aromatic N) is 2.